The van der Waals surface area contributed by atoms with Crippen LogP contribution in [0.4, 0.5) is 0 Å². The molecule has 0 N–H and O–H groups in total. The number of pyridine rings is 1. The third kappa shape index (κ3) is 4.37. The van der Waals surface area contributed by atoms with Gasteiger partial charge in [-0.25, -0.2) is 0 Å². The largest absolute Gasteiger partial charge is 0.256 e. The summed E-state index contributed by atoms with van der Waals surface area (Å²) >= 11 is 0. The number of nitriles is 1. The highest BCUT2D eigenvalue weighted by molar-refractivity contribution is 5.91. The molecule has 1 heterocycles. The molecule has 0 fully saturated rings. The Kier molecular flexibility index (Phi) is 6.44. The van der Waals surface area contributed by atoms with Gasteiger partial charge in [-0.15, -0.1) is 0 Å². The maximum absolute atomic E-state index is 9.43. The van der Waals surface area contributed by atoms with Crippen LogP contribution in [0.1, 0.15) is 27.8 Å². The lowest BCUT2D eigenvalue weighted by molar-refractivity contribution is 0.768. The van der Waals surface area contributed by atoms with Crippen molar-refractivity contribution >= 4 is 0 Å². The fraction of sp³-hybridized carbons (Fsp3) is 0.0233. The van der Waals surface area contributed by atoms with E-state index in [0.29, 0.717) is 5.56 Å². The topological polar surface area (TPSA) is 36.7 Å². The summed E-state index contributed by atoms with van der Waals surface area (Å²) in [6.07, 6.45) is 1.70. The van der Waals surface area contributed by atoms with E-state index in [2.05, 4.69) is 163 Å². The van der Waals surface area contributed by atoms with E-state index in [4.69, 9.17) is 0 Å². The molecule has 1 aliphatic rings. The monoisotopic (exact) mass is 572 g/mol. The zero-order chi connectivity index (χ0) is 30.2. The fourth-order valence-corrected chi connectivity index (χ4v) is 7.00. The Morgan fingerprint density at radius 2 is 0.956 bits per heavy atom. The molecule has 2 heteroatoms. The van der Waals surface area contributed by atoms with Crippen molar-refractivity contribution in [2.75, 3.05) is 0 Å². The minimum Gasteiger partial charge on any atom is -0.256 e. The molecular weight excluding hydrogens is 544 g/mol. The van der Waals surface area contributed by atoms with E-state index in [-0.39, 0.29) is 0 Å². The number of hydrogen-bond acceptors (Lipinski definition) is 2. The van der Waals surface area contributed by atoms with Crippen LogP contribution in [-0.4, -0.2) is 4.98 Å². The van der Waals surface area contributed by atoms with Gasteiger partial charge in [-0.3, -0.25) is 4.98 Å². The Bertz CT molecular complexity index is 2170. The highest BCUT2D eigenvalue weighted by Gasteiger charge is 2.46. The molecular formula is C43H28N2. The second kappa shape index (κ2) is 10.9. The smallest absolute Gasteiger partial charge is 0.0992 e. The van der Waals surface area contributed by atoms with Crippen molar-refractivity contribution in [3.8, 4) is 50.7 Å². The summed E-state index contributed by atoms with van der Waals surface area (Å²) in [7, 11) is 0. The first-order valence-corrected chi connectivity index (χ1v) is 15.2. The molecule has 0 spiro atoms. The Morgan fingerprint density at radius 1 is 0.444 bits per heavy atom. The predicted octanol–water partition coefficient (Wildman–Crippen LogP) is 10.3. The molecule has 8 rings (SSSR count). The molecule has 6 aromatic carbocycles. The summed E-state index contributed by atoms with van der Waals surface area (Å²) in [6, 6.07) is 60.6. The highest BCUT2D eigenvalue weighted by atomic mass is 14.7. The number of nitrogens with zero attached hydrogens (tertiary/aromatic N) is 2. The van der Waals surface area contributed by atoms with E-state index < -0.39 is 5.41 Å². The van der Waals surface area contributed by atoms with Gasteiger partial charge in [0.25, 0.3) is 0 Å². The van der Waals surface area contributed by atoms with Crippen molar-refractivity contribution in [2.45, 2.75) is 5.41 Å². The third-order valence-corrected chi connectivity index (χ3v) is 9.04. The van der Waals surface area contributed by atoms with Gasteiger partial charge < -0.3 is 0 Å². The van der Waals surface area contributed by atoms with Crippen LogP contribution >= 0.6 is 0 Å². The van der Waals surface area contributed by atoms with E-state index in [0.717, 1.165) is 22.4 Å². The zero-order valence-corrected chi connectivity index (χ0v) is 24.6. The SMILES string of the molecule is N#Cc1ccnc(-c2cccc(-c3ccc4c(c3)-c3cc(-c5ccccc5)ccc3C4(c3ccccc3)c3ccccc3)c2)c1. The van der Waals surface area contributed by atoms with Crippen molar-refractivity contribution < 1.29 is 0 Å². The minimum absolute atomic E-state index is 0.454. The third-order valence-electron chi connectivity index (χ3n) is 9.04. The molecule has 0 radical (unpaired) electrons. The Labute approximate surface area is 263 Å². The Hall–Kier alpha value is -6.04. The van der Waals surface area contributed by atoms with Crippen LogP contribution in [0, 0.1) is 11.3 Å². The molecule has 210 valence electrons. The second-order valence-corrected chi connectivity index (χ2v) is 11.5. The van der Waals surface area contributed by atoms with Crippen molar-refractivity contribution in [1.82, 2.24) is 4.98 Å². The van der Waals surface area contributed by atoms with E-state index >= 15 is 0 Å². The standard InChI is InChI=1S/C43H28N2/c44-29-30-23-24-45-42(25-30)35-14-10-13-32(26-35)34-20-22-41-39(28-34)38-27-33(31-11-4-1-5-12-31)19-21-40(38)43(41,36-15-6-2-7-16-36)37-17-8-3-9-18-37/h1-28H. The first kappa shape index (κ1) is 26.6. The first-order chi connectivity index (χ1) is 22.3. The lowest BCUT2D eigenvalue weighted by atomic mass is 9.67. The van der Waals surface area contributed by atoms with Gasteiger partial charge in [0, 0.05) is 11.8 Å². The number of rotatable bonds is 5. The number of aromatic nitrogens is 1. The molecule has 0 saturated heterocycles. The summed E-state index contributed by atoms with van der Waals surface area (Å²) in [6.45, 7) is 0. The minimum atomic E-state index is -0.454. The first-order valence-electron chi connectivity index (χ1n) is 15.2. The van der Waals surface area contributed by atoms with Gasteiger partial charge in [0.1, 0.15) is 0 Å². The van der Waals surface area contributed by atoms with Crippen LogP contribution < -0.4 is 0 Å². The van der Waals surface area contributed by atoms with E-state index in [1.807, 2.05) is 6.07 Å². The highest BCUT2D eigenvalue weighted by Crippen LogP contribution is 2.57. The van der Waals surface area contributed by atoms with E-state index in [1.54, 1.807) is 12.3 Å². The lowest BCUT2D eigenvalue weighted by Crippen LogP contribution is -2.28. The molecule has 0 saturated carbocycles. The number of benzene rings is 6. The summed E-state index contributed by atoms with van der Waals surface area (Å²) in [4.78, 5) is 4.55. The summed E-state index contributed by atoms with van der Waals surface area (Å²) in [5, 5.41) is 9.43. The Balaban J connectivity index is 1.37. The molecule has 1 aliphatic carbocycles. The zero-order valence-electron chi connectivity index (χ0n) is 24.6. The van der Waals surface area contributed by atoms with Crippen molar-refractivity contribution in [2.24, 2.45) is 0 Å². The number of hydrogen-bond donors (Lipinski definition) is 0. The summed E-state index contributed by atoms with van der Waals surface area (Å²) in [5.74, 6) is 0. The molecule has 0 atom stereocenters. The second-order valence-electron chi connectivity index (χ2n) is 11.5. The maximum atomic E-state index is 9.43. The van der Waals surface area contributed by atoms with Crippen molar-refractivity contribution in [3.05, 3.63) is 198 Å². The van der Waals surface area contributed by atoms with Crippen LogP contribution in [0.3, 0.4) is 0 Å². The maximum Gasteiger partial charge on any atom is 0.0992 e. The molecule has 45 heavy (non-hydrogen) atoms. The summed E-state index contributed by atoms with van der Waals surface area (Å²) < 4.78 is 0. The lowest BCUT2D eigenvalue weighted by Gasteiger charge is -2.34. The van der Waals surface area contributed by atoms with Crippen LogP contribution in [-0.2, 0) is 5.41 Å². The van der Waals surface area contributed by atoms with Gasteiger partial charge in [0.2, 0.25) is 0 Å². The van der Waals surface area contributed by atoms with Gasteiger partial charge in [0.15, 0.2) is 0 Å². The van der Waals surface area contributed by atoms with Crippen LogP contribution in [0.2, 0.25) is 0 Å². The summed E-state index contributed by atoms with van der Waals surface area (Å²) in [5.41, 5.74) is 14.1. The van der Waals surface area contributed by atoms with E-state index in [9.17, 15) is 5.26 Å². The molecule has 0 aliphatic heterocycles. The van der Waals surface area contributed by atoms with Gasteiger partial charge in [-0.2, -0.15) is 5.26 Å². The van der Waals surface area contributed by atoms with Crippen molar-refractivity contribution in [3.63, 3.8) is 0 Å². The molecule has 7 aromatic rings. The van der Waals surface area contributed by atoms with Crippen molar-refractivity contribution in [1.29, 1.82) is 5.26 Å². The van der Waals surface area contributed by atoms with E-state index in [1.165, 1.54) is 44.5 Å². The molecule has 2 nitrogen and oxygen atoms in total. The number of fused-ring (bicyclic) bond motifs is 3. The quantitative estimate of drug-likeness (QED) is 0.206. The van der Waals surface area contributed by atoms with Gasteiger partial charge >= 0.3 is 0 Å². The average Bonchev–Trinajstić information content (AvgIpc) is 3.42. The van der Waals surface area contributed by atoms with Crippen LogP contribution in [0.5, 0.6) is 0 Å². The van der Waals surface area contributed by atoms with Gasteiger partial charge in [-0.1, -0.05) is 133 Å². The average molecular weight is 573 g/mol. The Morgan fingerprint density at radius 3 is 1.56 bits per heavy atom. The molecule has 0 bridgehead atoms. The van der Waals surface area contributed by atoms with Crippen LogP contribution in [0.25, 0.3) is 44.6 Å². The van der Waals surface area contributed by atoms with Crippen LogP contribution in [0.15, 0.2) is 170 Å². The molecule has 1 aromatic heterocycles. The van der Waals surface area contributed by atoms with Gasteiger partial charge in [0.05, 0.1) is 22.7 Å². The fourth-order valence-electron chi connectivity index (χ4n) is 7.00. The van der Waals surface area contributed by atoms with Gasteiger partial charge in [-0.05, 0) is 86.0 Å². The predicted molar refractivity (Wildman–Crippen MR) is 183 cm³/mol. The normalized spacial score (nSPS) is 12.6. The molecule has 0 unspecified atom stereocenters. The molecule has 0 amide bonds.